The molecule has 2 aliphatic carbocycles. The molecular formula is C25H33ClN4O2. The summed E-state index contributed by atoms with van der Waals surface area (Å²) < 4.78 is 7.16. The van der Waals surface area contributed by atoms with Gasteiger partial charge in [-0.25, -0.2) is 4.68 Å². The Hall–Kier alpha value is -2.05. The summed E-state index contributed by atoms with van der Waals surface area (Å²) >= 11 is 6.47. The number of rotatable bonds is 7. The molecule has 3 aliphatic rings. The molecule has 1 saturated heterocycles. The highest BCUT2D eigenvalue weighted by atomic mass is 35.5. The number of aromatic nitrogens is 2. The molecular weight excluding hydrogens is 424 g/mol. The Morgan fingerprint density at radius 1 is 1.06 bits per heavy atom. The third-order valence-corrected chi connectivity index (χ3v) is 7.54. The number of anilines is 2. The second-order valence-electron chi connectivity index (χ2n) is 9.52. The van der Waals surface area contributed by atoms with Gasteiger partial charge in [-0.2, -0.15) is 5.10 Å². The lowest BCUT2D eigenvalue weighted by molar-refractivity contribution is 0.0595. The van der Waals surface area contributed by atoms with E-state index in [2.05, 4.69) is 45.6 Å². The maximum atomic E-state index is 13.0. The fourth-order valence-electron chi connectivity index (χ4n) is 5.30. The van der Waals surface area contributed by atoms with E-state index < -0.39 is 0 Å². The zero-order chi connectivity index (χ0) is 21.9. The molecule has 7 heteroatoms. The SMILES string of the molecule is O=c1c(Cl)c(NC[C@@H]2CCCOC2)cnn1[C@H]1CC[C@H](N(c2ccccc2)C2CC2)CC1. The number of hydrogen-bond acceptors (Lipinski definition) is 5. The Bertz CT molecular complexity index is 948. The van der Waals surface area contributed by atoms with Crippen LogP contribution in [0.25, 0.3) is 0 Å². The molecule has 1 aliphatic heterocycles. The quantitative estimate of drug-likeness (QED) is 0.642. The van der Waals surface area contributed by atoms with Gasteiger partial charge in [-0.15, -0.1) is 0 Å². The highest BCUT2D eigenvalue weighted by molar-refractivity contribution is 6.32. The van der Waals surface area contributed by atoms with Crippen molar-refractivity contribution in [3.63, 3.8) is 0 Å². The molecule has 5 rings (SSSR count). The van der Waals surface area contributed by atoms with Gasteiger partial charge in [-0.1, -0.05) is 29.8 Å². The van der Waals surface area contributed by atoms with Gasteiger partial charge in [-0.3, -0.25) is 4.79 Å². The lowest BCUT2D eigenvalue weighted by Crippen LogP contribution is -2.41. The van der Waals surface area contributed by atoms with Crippen molar-refractivity contribution in [2.45, 2.75) is 69.5 Å². The first-order valence-electron chi connectivity index (χ1n) is 12.1. The van der Waals surface area contributed by atoms with Crippen LogP contribution < -0.4 is 15.8 Å². The number of ether oxygens (including phenoxy) is 1. The molecule has 0 bridgehead atoms. The maximum Gasteiger partial charge on any atom is 0.287 e. The van der Waals surface area contributed by atoms with Crippen LogP contribution in [0.1, 0.15) is 57.4 Å². The molecule has 32 heavy (non-hydrogen) atoms. The molecule has 1 aromatic carbocycles. The van der Waals surface area contributed by atoms with Gasteiger partial charge in [0.15, 0.2) is 0 Å². The van der Waals surface area contributed by atoms with Crippen molar-refractivity contribution in [3.8, 4) is 0 Å². The summed E-state index contributed by atoms with van der Waals surface area (Å²) in [6, 6.07) is 12.1. The van der Waals surface area contributed by atoms with Gasteiger partial charge in [0.25, 0.3) is 5.56 Å². The van der Waals surface area contributed by atoms with Crippen molar-refractivity contribution in [1.29, 1.82) is 0 Å². The van der Waals surface area contributed by atoms with Crippen molar-refractivity contribution < 1.29 is 4.74 Å². The van der Waals surface area contributed by atoms with Crippen LogP contribution >= 0.6 is 11.6 Å². The van der Waals surface area contributed by atoms with Gasteiger partial charge in [0.2, 0.25) is 0 Å². The molecule has 1 aromatic heterocycles. The third-order valence-electron chi connectivity index (χ3n) is 7.18. The molecule has 0 spiro atoms. The number of nitrogens with one attached hydrogen (secondary N) is 1. The van der Waals surface area contributed by atoms with Gasteiger partial charge < -0.3 is 15.0 Å². The van der Waals surface area contributed by atoms with Gasteiger partial charge in [-0.05, 0) is 69.4 Å². The van der Waals surface area contributed by atoms with E-state index in [1.165, 1.54) is 18.5 Å². The molecule has 3 fully saturated rings. The third kappa shape index (κ3) is 4.81. The standard InChI is InChI=1S/C25H33ClN4O2/c26-24-23(27-15-18-5-4-14-32-17-18)16-28-30(25(24)31)22-12-10-21(11-13-22)29(20-8-9-20)19-6-2-1-3-7-19/h1-3,6-7,16,18,20-22,27H,4-5,8-15,17H2/t18-,21-,22-/m0/s1. The molecule has 0 amide bonds. The van der Waals surface area contributed by atoms with Gasteiger partial charge in [0.1, 0.15) is 5.02 Å². The summed E-state index contributed by atoms with van der Waals surface area (Å²) in [5.41, 5.74) is 1.79. The Morgan fingerprint density at radius 3 is 2.44 bits per heavy atom. The molecule has 0 unspecified atom stereocenters. The molecule has 2 heterocycles. The summed E-state index contributed by atoms with van der Waals surface area (Å²) in [5.74, 6) is 0.455. The lowest BCUT2D eigenvalue weighted by Gasteiger charge is -2.39. The topological polar surface area (TPSA) is 59.4 Å². The normalized spacial score (nSPS) is 26.0. The highest BCUT2D eigenvalue weighted by Gasteiger charge is 2.36. The number of benzene rings is 1. The number of halogens is 1. The minimum Gasteiger partial charge on any atom is -0.382 e. The Labute approximate surface area is 194 Å². The van der Waals surface area contributed by atoms with Gasteiger partial charge >= 0.3 is 0 Å². The van der Waals surface area contributed by atoms with Crippen LogP contribution in [0.15, 0.2) is 41.3 Å². The molecule has 2 saturated carbocycles. The van der Waals surface area contributed by atoms with Crippen molar-refractivity contribution >= 4 is 23.0 Å². The van der Waals surface area contributed by atoms with Crippen molar-refractivity contribution in [1.82, 2.24) is 9.78 Å². The predicted molar refractivity (Wildman–Crippen MR) is 129 cm³/mol. The van der Waals surface area contributed by atoms with E-state index in [4.69, 9.17) is 16.3 Å². The van der Waals surface area contributed by atoms with Crippen LogP contribution in [0, 0.1) is 5.92 Å². The Kier molecular flexibility index (Phi) is 6.69. The molecule has 1 N–H and O–H groups in total. The minimum absolute atomic E-state index is 0.119. The first-order valence-corrected chi connectivity index (χ1v) is 12.5. The Balaban J connectivity index is 1.22. The van der Waals surface area contributed by atoms with E-state index in [1.54, 1.807) is 10.9 Å². The largest absolute Gasteiger partial charge is 0.382 e. The van der Waals surface area contributed by atoms with E-state index in [0.29, 0.717) is 23.7 Å². The van der Waals surface area contributed by atoms with Crippen LogP contribution in [0.3, 0.4) is 0 Å². The molecule has 0 radical (unpaired) electrons. The zero-order valence-corrected chi connectivity index (χ0v) is 19.3. The molecule has 1 atom stereocenters. The summed E-state index contributed by atoms with van der Waals surface area (Å²) in [6.07, 6.45) is 10.6. The second-order valence-corrected chi connectivity index (χ2v) is 9.90. The fourth-order valence-corrected chi connectivity index (χ4v) is 5.51. The summed E-state index contributed by atoms with van der Waals surface area (Å²) in [6.45, 7) is 2.37. The first-order chi connectivity index (χ1) is 15.7. The lowest BCUT2D eigenvalue weighted by atomic mass is 9.89. The zero-order valence-electron chi connectivity index (χ0n) is 18.6. The summed E-state index contributed by atoms with van der Waals surface area (Å²) in [5, 5.41) is 8.09. The number of nitrogens with zero attached hydrogens (tertiary/aromatic N) is 3. The van der Waals surface area contributed by atoms with E-state index in [1.807, 2.05) is 0 Å². The summed E-state index contributed by atoms with van der Waals surface area (Å²) in [4.78, 5) is 15.6. The van der Waals surface area contributed by atoms with Gasteiger partial charge in [0, 0.05) is 30.9 Å². The first kappa shape index (κ1) is 21.8. The number of hydrogen-bond donors (Lipinski definition) is 1. The van der Waals surface area contributed by atoms with E-state index >= 15 is 0 Å². The van der Waals surface area contributed by atoms with Gasteiger partial charge in [0.05, 0.1) is 24.5 Å². The smallest absolute Gasteiger partial charge is 0.287 e. The molecule has 172 valence electrons. The molecule has 2 aromatic rings. The predicted octanol–water partition coefficient (Wildman–Crippen LogP) is 4.89. The fraction of sp³-hybridized carbons (Fsp3) is 0.600. The highest BCUT2D eigenvalue weighted by Crippen LogP contribution is 2.39. The van der Waals surface area contributed by atoms with Crippen molar-refractivity contribution in [2.24, 2.45) is 5.92 Å². The van der Waals surface area contributed by atoms with Crippen LogP contribution in [0.5, 0.6) is 0 Å². The van der Waals surface area contributed by atoms with Crippen molar-refractivity contribution in [3.05, 3.63) is 51.9 Å². The average molecular weight is 457 g/mol. The molecule has 6 nitrogen and oxygen atoms in total. The van der Waals surface area contributed by atoms with Crippen LogP contribution in [0.4, 0.5) is 11.4 Å². The van der Waals surface area contributed by atoms with Crippen LogP contribution in [-0.4, -0.2) is 41.6 Å². The van der Waals surface area contributed by atoms with Crippen molar-refractivity contribution in [2.75, 3.05) is 30.0 Å². The minimum atomic E-state index is -0.179. The Morgan fingerprint density at radius 2 is 1.78 bits per heavy atom. The maximum absolute atomic E-state index is 13.0. The number of para-hydroxylation sites is 1. The summed E-state index contributed by atoms with van der Waals surface area (Å²) in [7, 11) is 0. The van der Waals surface area contributed by atoms with Crippen LogP contribution in [0.2, 0.25) is 5.02 Å². The van der Waals surface area contributed by atoms with E-state index in [0.717, 1.165) is 58.3 Å². The van der Waals surface area contributed by atoms with Crippen LogP contribution in [-0.2, 0) is 4.74 Å². The second kappa shape index (κ2) is 9.84. The van der Waals surface area contributed by atoms with E-state index in [9.17, 15) is 4.79 Å². The van der Waals surface area contributed by atoms with E-state index in [-0.39, 0.29) is 16.6 Å². The average Bonchev–Trinajstić information content (AvgIpc) is 3.67. The monoisotopic (exact) mass is 456 g/mol.